The van der Waals surface area contributed by atoms with Crippen molar-refractivity contribution in [2.45, 2.75) is 57.4 Å². The zero-order valence-corrected chi connectivity index (χ0v) is 13.6. The van der Waals surface area contributed by atoms with Crippen LogP contribution in [0.25, 0.3) is 0 Å². The largest absolute Gasteiger partial charge is 0.496 e. The van der Waals surface area contributed by atoms with Crippen LogP contribution in [0.4, 0.5) is 0 Å². The maximum atomic E-state index is 5.54. The molecule has 2 nitrogen and oxygen atoms in total. The van der Waals surface area contributed by atoms with Crippen molar-refractivity contribution in [3.63, 3.8) is 0 Å². The van der Waals surface area contributed by atoms with E-state index in [1.54, 1.807) is 7.11 Å². The highest BCUT2D eigenvalue weighted by atomic mass is 16.5. The molecule has 0 amide bonds. The molecule has 1 aliphatic heterocycles. The number of piperidine rings is 1. The van der Waals surface area contributed by atoms with E-state index in [1.807, 2.05) is 0 Å². The van der Waals surface area contributed by atoms with Crippen molar-refractivity contribution in [3.05, 3.63) is 29.8 Å². The monoisotopic (exact) mass is 287 g/mol. The molecule has 3 rings (SSSR count). The Labute approximate surface area is 129 Å². The third kappa shape index (κ3) is 3.42. The Kier molecular flexibility index (Phi) is 4.84. The Morgan fingerprint density at radius 1 is 1.05 bits per heavy atom. The second-order valence-corrected chi connectivity index (χ2v) is 6.98. The molecule has 1 aliphatic carbocycles. The zero-order valence-electron chi connectivity index (χ0n) is 13.6. The average molecular weight is 287 g/mol. The van der Waals surface area contributed by atoms with Crippen LogP contribution in [0, 0.1) is 5.92 Å². The first kappa shape index (κ1) is 14.9. The molecule has 2 aliphatic rings. The summed E-state index contributed by atoms with van der Waals surface area (Å²) in [5.41, 5.74) is 1.41. The quantitative estimate of drug-likeness (QED) is 0.814. The Morgan fingerprint density at radius 2 is 1.81 bits per heavy atom. The molecule has 1 heterocycles. The number of nitrogens with zero attached hydrogens (tertiary/aromatic N) is 1. The van der Waals surface area contributed by atoms with E-state index >= 15 is 0 Å². The number of para-hydroxylation sites is 1. The summed E-state index contributed by atoms with van der Waals surface area (Å²) in [6.07, 6.45) is 8.27. The second-order valence-electron chi connectivity index (χ2n) is 6.98. The first-order chi connectivity index (χ1) is 10.3. The number of rotatable bonds is 3. The first-order valence-electron chi connectivity index (χ1n) is 8.65. The van der Waals surface area contributed by atoms with Gasteiger partial charge >= 0.3 is 0 Å². The van der Waals surface area contributed by atoms with Gasteiger partial charge in [0.05, 0.1) is 7.11 Å². The molecule has 0 aromatic heterocycles. The molecule has 0 N–H and O–H groups in total. The lowest BCUT2D eigenvalue weighted by atomic mass is 9.83. The standard InChI is InChI=1S/C19H29NO/c1-15-6-5-7-17(14-15)20-12-10-16(11-13-20)18-8-3-4-9-19(18)21-2/h3-4,8-9,15-17H,5-7,10-14H2,1-2H3/t15-,17+/m1/s1. The first-order valence-corrected chi connectivity index (χ1v) is 8.65. The van der Waals surface area contributed by atoms with Gasteiger partial charge in [0.15, 0.2) is 0 Å². The van der Waals surface area contributed by atoms with Gasteiger partial charge in [-0.2, -0.15) is 0 Å². The molecule has 1 aromatic rings. The molecule has 0 spiro atoms. The van der Waals surface area contributed by atoms with Crippen molar-refractivity contribution >= 4 is 0 Å². The third-order valence-corrected chi connectivity index (χ3v) is 5.53. The zero-order chi connectivity index (χ0) is 14.7. The van der Waals surface area contributed by atoms with E-state index in [-0.39, 0.29) is 0 Å². The molecule has 116 valence electrons. The van der Waals surface area contributed by atoms with Crippen LogP contribution in [0.5, 0.6) is 5.75 Å². The summed E-state index contributed by atoms with van der Waals surface area (Å²) in [4.78, 5) is 2.77. The highest BCUT2D eigenvalue weighted by Gasteiger charge is 2.29. The van der Waals surface area contributed by atoms with Crippen LogP contribution in [-0.4, -0.2) is 31.1 Å². The topological polar surface area (TPSA) is 12.5 Å². The van der Waals surface area contributed by atoms with Crippen LogP contribution >= 0.6 is 0 Å². The van der Waals surface area contributed by atoms with Gasteiger partial charge in [-0.15, -0.1) is 0 Å². The summed E-state index contributed by atoms with van der Waals surface area (Å²) in [6.45, 7) is 4.95. The van der Waals surface area contributed by atoms with Crippen molar-refractivity contribution < 1.29 is 4.74 Å². The van der Waals surface area contributed by atoms with Crippen molar-refractivity contribution in [1.29, 1.82) is 0 Å². The summed E-state index contributed by atoms with van der Waals surface area (Å²) in [5, 5.41) is 0. The number of likely N-dealkylation sites (tertiary alicyclic amines) is 1. The van der Waals surface area contributed by atoms with E-state index < -0.39 is 0 Å². The van der Waals surface area contributed by atoms with Gasteiger partial charge in [-0.3, -0.25) is 0 Å². The normalized spacial score (nSPS) is 28.5. The minimum atomic E-state index is 0.679. The fourth-order valence-corrected chi connectivity index (χ4v) is 4.31. The number of hydrogen-bond donors (Lipinski definition) is 0. The molecule has 1 saturated carbocycles. The van der Waals surface area contributed by atoms with Gasteiger partial charge in [0.25, 0.3) is 0 Å². The van der Waals surface area contributed by atoms with Gasteiger partial charge in [-0.05, 0) is 62.2 Å². The van der Waals surface area contributed by atoms with Crippen LogP contribution < -0.4 is 4.74 Å². The molecular weight excluding hydrogens is 258 g/mol. The third-order valence-electron chi connectivity index (χ3n) is 5.53. The predicted octanol–water partition coefficient (Wildman–Crippen LogP) is 4.45. The fraction of sp³-hybridized carbons (Fsp3) is 0.684. The van der Waals surface area contributed by atoms with Gasteiger partial charge < -0.3 is 9.64 Å². The highest BCUT2D eigenvalue weighted by Crippen LogP contribution is 2.36. The lowest BCUT2D eigenvalue weighted by molar-refractivity contribution is 0.105. The summed E-state index contributed by atoms with van der Waals surface area (Å²) < 4.78 is 5.54. The number of methoxy groups -OCH3 is 1. The van der Waals surface area contributed by atoms with Crippen LogP contribution in [0.2, 0.25) is 0 Å². The lowest BCUT2D eigenvalue weighted by Crippen LogP contribution is -2.43. The van der Waals surface area contributed by atoms with Gasteiger partial charge in [-0.25, -0.2) is 0 Å². The molecule has 2 fully saturated rings. The molecule has 1 aromatic carbocycles. The predicted molar refractivity (Wildman–Crippen MR) is 88.0 cm³/mol. The van der Waals surface area contributed by atoms with E-state index in [1.165, 1.54) is 57.2 Å². The summed E-state index contributed by atoms with van der Waals surface area (Å²) in [7, 11) is 1.79. The smallest absolute Gasteiger partial charge is 0.122 e. The molecule has 1 saturated heterocycles. The second kappa shape index (κ2) is 6.83. The molecule has 0 radical (unpaired) electrons. The number of ether oxygens (including phenoxy) is 1. The van der Waals surface area contributed by atoms with Crippen LogP contribution in [-0.2, 0) is 0 Å². The van der Waals surface area contributed by atoms with Crippen molar-refractivity contribution in [1.82, 2.24) is 4.90 Å². The van der Waals surface area contributed by atoms with Crippen LogP contribution in [0.15, 0.2) is 24.3 Å². The SMILES string of the molecule is COc1ccccc1C1CCN([C@H]2CCC[C@@H](C)C2)CC1. The Morgan fingerprint density at radius 3 is 2.52 bits per heavy atom. The van der Waals surface area contributed by atoms with Gasteiger partial charge in [0.1, 0.15) is 5.75 Å². The molecule has 2 atom stereocenters. The van der Waals surface area contributed by atoms with Crippen LogP contribution in [0.1, 0.15) is 56.9 Å². The Balaban J connectivity index is 1.60. The summed E-state index contributed by atoms with van der Waals surface area (Å²) in [5.74, 6) is 2.68. The number of hydrogen-bond acceptors (Lipinski definition) is 2. The van der Waals surface area contributed by atoms with Crippen molar-refractivity contribution in [2.24, 2.45) is 5.92 Å². The van der Waals surface area contributed by atoms with E-state index in [0.717, 1.165) is 17.7 Å². The van der Waals surface area contributed by atoms with Crippen molar-refractivity contribution in [3.8, 4) is 5.75 Å². The highest BCUT2D eigenvalue weighted by molar-refractivity contribution is 5.36. The number of benzene rings is 1. The Bertz CT molecular complexity index is 451. The maximum absolute atomic E-state index is 5.54. The minimum absolute atomic E-state index is 0.679. The summed E-state index contributed by atoms with van der Waals surface area (Å²) >= 11 is 0. The Hall–Kier alpha value is -1.02. The van der Waals surface area contributed by atoms with Gasteiger partial charge in [-0.1, -0.05) is 38.0 Å². The molecule has 0 bridgehead atoms. The summed E-state index contributed by atoms with van der Waals surface area (Å²) in [6, 6.07) is 9.42. The molecule has 21 heavy (non-hydrogen) atoms. The minimum Gasteiger partial charge on any atom is -0.496 e. The molecular formula is C19H29NO. The lowest BCUT2D eigenvalue weighted by Gasteiger charge is -2.41. The van der Waals surface area contributed by atoms with Gasteiger partial charge in [0, 0.05) is 6.04 Å². The average Bonchev–Trinajstić information content (AvgIpc) is 2.55. The van der Waals surface area contributed by atoms with E-state index in [4.69, 9.17) is 4.74 Å². The van der Waals surface area contributed by atoms with E-state index in [0.29, 0.717) is 5.92 Å². The van der Waals surface area contributed by atoms with Crippen LogP contribution in [0.3, 0.4) is 0 Å². The molecule has 0 unspecified atom stereocenters. The fourth-order valence-electron chi connectivity index (χ4n) is 4.31. The van der Waals surface area contributed by atoms with E-state index in [9.17, 15) is 0 Å². The maximum Gasteiger partial charge on any atom is 0.122 e. The van der Waals surface area contributed by atoms with Crippen molar-refractivity contribution in [2.75, 3.05) is 20.2 Å². The molecule has 2 heteroatoms. The van der Waals surface area contributed by atoms with E-state index in [2.05, 4.69) is 36.1 Å². The van der Waals surface area contributed by atoms with Gasteiger partial charge in [0.2, 0.25) is 0 Å².